The van der Waals surface area contributed by atoms with Crippen LogP contribution in [-0.2, 0) is 11.3 Å². The smallest absolute Gasteiger partial charge is 0.254 e. The van der Waals surface area contributed by atoms with Crippen LogP contribution >= 0.6 is 0 Å². The molecule has 2 aromatic carbocycles. The molecule has 1 N–H and O–H groups in total. The first kappa shape index (κ1) is 24.7. The topological polar surface area (TPSA) is 52.7 Å². The van der Waals surface area contributed by atoms with Gasteiger partial charge in [-0.3, -0.25) is 9.59 Å². The number of nitrogens with one attached hydrogen (secondary N) is 1. The van der Waals surface area contributed by atoms with E-state index in [1.807, 2.05) is 44.1 Å². The van der Waals surface area contributed by atoms with Crippen LogP contribution in [0.5, 0.6) is 0 Å². The van der Waals surface area contributed by atoms with Gasteiger partial charge in [-0.15, -0.1) is 0 Å². The lowest BCUT2D eigenvalue weighted by Gasteiger charge is -2.33. The van der Waals surface area contributed by atoms with Gasteiger partial charge in [0.2, 0.25) is 5.91 Å². The lowest BCUT2D eigenvalue weighted by molar-refractivity contribution is -0.119. The van der Waals surface area contributed by atoms with Gasteiger partial charge in [-0.1, -0.05) is 32.8 Å². The minimum atomic E-state index is -0.427. The first-order chi connectivity index (χ1) is 15.7. The second kappa shape index (κ2) is 10.8. The Morgan fingerprint density at radius 1 is 1.06 bits per heavy atom. The SMILES string of the molecule is CC(C)[C@H](C)N(Cc1cc(NC(=O)C2CCCC2)ccc1N(C)C)C(=O)c1cccc(F)c1. The number of benzene rings is 2. The zero-order valence-electron chi connectivity index (χ0n) is 20.4. The molecule has 1 saturated carbocycles. The average Bonchev–Trinajstić information content (AvgIpc) is 3.31. The van der Waals surface area contributed by atoms with Crippen LogP contribution in [0, 0.1) is 17.7 Å². The molecule has 6 heteroatoms. The van der Waals surface area contributed by atoms with Crippen LogP contribution in [0.4, 0.5) is 15.8 Å². The molecule has 2 amide bonds. The van der Waals surface area contributed by atoms with E-state index in [-0.39, 0.29) is 29.7 Å². The van der Waals surface area contributed by atoms with Crippen molar-refractivity contribution in [2.24, 2.45) is 11.8 Å². The molecular weight excluding hydrogens is 417 g/mol. The summed E-state index contributed by atoms with van der Waals surface area (Å²) >= 11 is 0. The molecule has 5 nitrogen and oxygen atoms in total. The molecule has 0 bridgehead atoms. The molecule has 1 atom stereocenters. The first-order valence-electron chi connectivity index (χ1n) is 11.8. The van der Waals surface area contributed by atoms with Crippen molar-refractivity contribution in [1.82, 2.24) is 4.90 Å². The first-order valence-corrected chi connectivity index (χ1v) is 11.8. The molecular formula is C27H36FN3O2. The molecule has 178 valence electrons. The molecule has 2 aromatic rings. The second-order valence-electron chi connectivity index (χ2n) is 9.64. The molecule has 0 radical (unpaired) electrons. The number of carbonyl (C=O) groups excluding carboxylic acids is 2. The van der Waals surface area contributed by atoms with Crippen LogP contribution in [0.2, 0.25) is 0 Å². The van der Waals surface area contributed by atoms with Crippen molar-refractivity contribution >= 4 is 23.2 Å². The summed E-state index contributed by atoms with van der Waals surface area (Å²) in [5.74, 6) is -0.270. The van der Waals surface area contributed by atoms with Crippen LogP contribution < -0.4 is 10.2 Å². The van der Waals surface area contributed by atoms with Crippen molar-refractivity contribution in [3.63, 3.8) is 0 Å². The van der Waals surface area contributed by atoms with Crippen molar-refractivity contribution in [3.8, 4) is 0 Å². The highest BCUT2D eigenvalue weighted by Gasteiger charge is 2.26. The van der Waals surface area contributed by atoms with Gasteiger partial charge in [0.25, 0.3) is 5.91 Å². The number of anilines is 2. The third-order valence-corrected chi connectivity index (χ3v) is 6.68. The Bertz CT molecular complexity index is 983. The van der Waals surface area contributed by atoms with Gasteiger partial charge in [0.05, 0.1) is 0 Å². The maximum Gasteiger partial charge on any atom is 0.254 e. The number of hydrogen-bond donors (Lipinski definition) is 1. The minimum Gasteiger partial charge on any atom is -0.377 e. The van der Waals surface area contributed by atoms with E-state index in [2.05, 4.69) is 19.2 Å². The van der Waals surface area contributed by atoms with Crippen LogP contribution in [-0.4, -0.2) is 36.9 Å². The number of nitrogens with zero attached hydrogens (tertiary/aromatic N) is 2. The number of rotatable bonds is 8. The van der Waals surface area contributed by atoms with E-state index in [9.17, 15) is 14.0 Å². The number of amides is 2. The average molecular weight is 454 g/mol. The maximum absolute atomic E-state index is 13.8. The van der Waals surface area contributed by atoms with Gasteiger partial charge < -0.3 is 15.1 Å². The monoisotopic (exact) mass is 453 g/mol. The third-order valence-electron chi connectivity index (χ3n) is 6.68. The summed E-state index contributed by atoms with van der Waals surface area (Å²) in [6, 6.07) is 11.6. The van der Waals surface area contributed by atoms with E-state index in [1.165, 1.54) is 12.1 Å². The predicted octanol–water partition coefficient (Wildman–Crippen LogP) is 5.71. The Morgan fingerprint density at radius 3 is 2.36 bits per heavy atom. The van der Waals surface area contributed by atoms with Crippen molar-refractivity contribution in [2.45, 2.75) is 59.0 Å². The van der Waals surface area contributed by atoms with Gasteiger partial charge in [-0.05, 0) is 67.6 Å². The summed E-state index contributed by atoms with van der Waals surface area (Å²) < 4.78 is 13.8. The summed E-state index contributed by atoms with van der Waals surface area (Å²) in [5.41, 5.74) is 2.98. The van der Waals surface area contributed by atoms with E-state index in [1.54, 1.807) is 17.0 Å². The van der Waals surface area contributed by atoms with E-state index in [0.717, 1.165) is 42.6 Å². The summed E-state index contributed by atoms with van der Waals surface area (Å²) in [6.45, 7) is 6.52. The summed E-state index contributed by atoms with van der Waals surface area (Å²) in [7, 11) is 3.92. The maximum atomic E-state index is 13.8. The summed E-state index contributed by atoms with van der Waals surface area (Å²) in [5, 5.41) is 3.07. The van der Waals surface area contributed by atoms with Gasteiger partial charge in [0, 0.05) is 49.5 Å². The molecule has 0 saturated heterocycles. The lowest BCUT2D eigenvalue weighted by Crippen LogP contribution is -2.41. The Morgan fingerprint density at radius 2 is 1.76 bits per heavy atom. The van der Waals surface area contributed by atoms with Crippen molar-refractivity contribution < 1.29 is 14.0 Å². The Labute approximate surface area is 197 Å². The van der Waals surface area contributed by atoms with Crippen LogP contribution in [0.15, 0.2) is 42.5 Å². The number of carbonyl (C=O) groups is 2. The number of hydrogen-bond acceptors (Lipinski definition) is 3. The Hall–Kier alpha value is -2.89. The highest BCUT2D eigenvalue weighted by Crippen LogP contribution is 2.29. The van der Waals surface area contributed by atoms with E-state index in [4.69, 9.17) is 0 Å². The molecule has 3 rings (SSSR count). The molecule has 33 heavy (non-hydrogen) atoms. The van der Waals surface area contributed by atoms with Gasteiger partial charge >= 0.3 is 0 Å². The quantitative estimate of drug-likeness (QED) is 0.557. The normalized spacial score (nSPS) is 14.9. The fraction of sp³-hybridized carbons (Fsp3) is 0.481. The molecule has 1 fully saturated rings. The molecule has 0 unspecified atom stereocenters. The zero-order valence-corrected chi connectivity index (χ0v) is 20.4. The van der Waals surface area contributed by atoms with Gasteiger partial charge in [-0.2, -0.15) is 0 Å². The molecule has 0 aliphatic heterocycles. The van der Waals surface area contributed by atoms with Crippen LogP contribution in [0.3, 0.4) is 0 Å². The number of halogens is 1. The fourth-order valence-corrected chi connectivity index (χ4v) is 4.39. The highest BCUT2D eigenvalue weighted by molar-refractivity contribution is 5.95. The lowest BCUT2D eigenvalue weighted by atomic mass is 10.0. The van der Waals surface area contributed by atoms with Gasteiger partial charge in [-0.25, -0.2) is 4.39 Å². The molecule has 1 aliphatic rings. The molecule has 1 aliphatic carbocycles. The second-order valence-corrected chi connectivity index (χ2v) is 9.64. The molecule has 0 spiro atoms. The largest absolute Gasteiger partial charge is 0.377 e. The highest BCUT2D eigenvalue weighted by atomic mass is 19.1. The van der Waals surface area contributed by atoms with E-state index in [0.29, 0.717) is 12.1 Å². The van der Waals surface area contributed by atoms with Crippen LogP contribution in [0.25, 0.3) is 0 Å². The standard InChI is InChI=1S/C27H36FN3O2/c1-18(2)19(3)31(27(33)21-11-8-12-23(28)15-21)17-22-16-24(13-14-25(22)30(4)5)29-26(32)20-9-6-7-10-20/h8,11-16,18-20H,6-7,9-10,17H2,1-5H3,(H,29,32)/t19-/m0/s1. The van der Waals surface area contributed by atoms with Gasteiger partial charge in [0.15, 0.2) is 0 Å². The van der Waals surface area contributed by atoms with Gasteiger partial charge in [0.1, 0.15) is 5.82 Å². The third kappa shape index (κ3) is 6.12. The Balaban J connectivity index is 1.92. The molecule has 0 heterocycles. The van der Waals surface area contributed by atoms with Crippen molar-refractivity contribution in [1.29, 1.82) is 0 Å². The Kier molecular flexibility index (Phi) is 8.11. The predicted molar refractivity (Wildman–Crippen MR) is 132 cm³/mol. The minimum absolute atomic E-state index is 0.0625. The fourth-order valence-electron chi connectivity index (χ4n) is 4.39. The van der Waals surface area contributed by atoms with E-state index >= 15 is 0 Å². The van der Waals surface area contributed by atoms with Crippen molar-refractivity contribution in [3.05, 3.63) is 59.4 Å². The summed E-state index contributed by atoms with van der Waals surface area (Å²) in [4.78, 5) is 29.9. The zero-order chi connectivity index (χ0) is 24.1. The van der Waals surface area contributed by atoms with E-state index < -0.39 is 5.82 Å². The molecule has 0 aromatic heterocycles. The van der Waals surface area contributed by atoms with Crippen LogP contribution in [0.1, 0.15) is 62.4 Å². The van der Waals surface area contributed by atoms with Crippen molar-refractivity contribution in [2.75, 3.05) is 24.3 Å². The summed E-state index contributed by atoms with van der Waals surface area (Å²) in [6.07, 6.45) is 4.09.